The topological polar surface area (TPSA) is 47.0 Å². The van der Waals surface area contributed by atoms with Gasteiger partial charge in [0.05, 0.1) is 6.61 Å². The van der Waals surface area contributed by atoms with E-state index in [0.29, 0.717) is 11.3 Å². The first-order valence-electron chi connectivity index (χ1n) is 6.65. The van der Waals surface area contributed by atoms with Crippen LogP contribution >= 0.6 is 11.3 Å². The maximum Gasteiger partial charge on any atom is 0.131 e. The van der Waals surface area contributed by atoms with Crippen molar-refractivity contribution in [2.75, 3.05) is 20.3 Å². The van der Waals surface area contributed by atoms with Crippen LogP contribution in [0.5, 0.6) is 0 Å². The van der Waals surface area contributed by atoms with E-state index in [1.807, 2.05) is 0 Å². The monoisotopic (exact) mass is 269 g/mol. The molecule has 5 heteroatoms. The molecule has 1 fully saturated rings. The third-order valence-corrected chi connectivity index (χ3v) is 4.83. The van der Waals surface area contributed by atoms with Gasteiger partial charge in [0, 0.05) is 26.1 Å². The summed E-state index contributed by atoms with van der Waals surface area (Å²) in [5.74, 6) is 0.600. The zero-order chi connectivity index (χ0) is 13.0. The van der Waals surface area contributed by atoms with Crippen molar-refractivity contribution in [1.29, 1.82) is 0 Å². The van der Waals surface area contributed by atoms with E-state index in [0.717, 1.165) is 24.7 Å². The molecule has 0 saturated heterocycles. The van der Waals surface area contributed by atoms with Gasteiger partial charge in [-0.25, -0.2) is 0 Å². The van der Waals surface area contributed by atoms with Crippen molar-refractivity contribution in [2.24, 2.45) is 5.41 Å². The fourth-order valence-corrected chi connectivity index (χ4v) is 3.79. The molecule has 4 nitrogen and oxygen atoms in total. The first-order valence-corrected chi connectivity index (χ1v) is 7.47. The van der Waals surface area contributed by atoms with Crippen molar-refractivity contribution in [2.45, 2.75) is 45.6 Å². The fourth-order valence-electron chi connectivity index (χ4n) is 2.63. The molecule has 18 heavy (non-hydrogen) atoms. The van der Waals surface area contributed by atoms with Gasteiger partial charge in [-0.3, -0.25) is 0 Å². The van der Waals surface area contributed by atoms with E-state index in [2.05, 4.69) is 29.4 Å². The second-order valence-electron chi connectivity index (χ2n) is 5.64. The maximum absolute atomic E-state index is 5.00. The Bertz CT molecular complexity index is 378. The minimum atomic E-state index is 0.389. The van der Waals surface area contributed by atoms with Crippen molar-refractivity contribution >= 4 is 11.3 Å². The van der Waals surface area contributed by atoms with Crippen molar-refractivity contribution < 1.29 is 4.74 Å². The lowest BCUT2D eigenvalue weighted by Crippen LogP contribution is -2.18. The van der Waals surface area contributed by atoms with Gasteiger partial charge in [-0.1, -0.05) is 31.6 Å². The molecular weight excluding hydrogens is 246 g/mol. The minimum Gasteiger partial charge on any atom is -0.383 e. The second-order valence-corrected chi connectivity index (χ2v) is 6.73. The second kappa shape index (κ2) is 6.08. The summed E-state index contributed by atoms with van der Waals surface area (Å²) in [5, 5.41) is 14.3. The zero-order valence-electron chi connectivity index (χ0n) is 11.5. The van der Waals surface area contributed by atoms with Gasteiger partial charge in [-0.2, -0.15) is 0 Å². The lowest BCUT2D eigenvalue weighted by atomic mass is 9.82. The van der Waals surface area contributed by atoms with Crippen LogP contribution in [-0.2, 0) is 11.3 Å². The third-order valence-electron chi connectivity index (χ3n) is 3.80. The molecule has 1 aromatic heterocycles. The standard InChI is InChI=1S/C13H23N3OS/c1-13(2)6-4-5-10(13)12-16-15-11(18-12)9-14-7-8-17-3/h10,14H,4-9H2,1-3H3. The van der Waals surface area contributed by atoms with Crippen molar-refractivity contribution in [1.82, 2.24) is 15.5 Å². The largest absolute Gasteiger partial charge is 0.383 e. The van der Waals surface area contributed by atoms with Crippen LogP contribution in [0.2, 0.25) is 0 Å². The van der Waals surface area contributed by atoms with Gasteiger partial charge in [0.2, 0.25) is 0 Å². The maximum atomic E-state index is 5.00. The Labute approximate surface area is 113 Å². The van der Waals surface area contributed by atoms with Gasteiger partial charge in [-0.15, -0.1) is 10.2 Å². The van der Waals surface area contributed by atoms with E-state index in [1.165, 1.54) is 24.3 Å². The van der Waals surface area contributed by atoms with Crippen molar-refractivity contribution in [3.05, 3.63) is 10.0 Å². The van der Waals surface area contributed by atoms with Crippen LogP contribution in [0.25, 0.3) is 0 Å². The quantitative estimate of drug-likeness (QED) is 0.806. The summed E-state index contributed by atoms with van der Waals surface area (Å²) in [6.45, 7) is 7.10. The average Bonchev–Trinajstić information content (AvgIpc) is 2.90. The molecule has 1 aliphatic carbocycles. The van der Waals surface area contributed by atoms with Gasteiger partial charge in [-0.05, 0) is 18.3 Å². The number of hydrogen-bond donors (Lipinski definition) is 1. The molecule has 0 aliphatic heterocycles. The Morgan fingerprint density at radius 2 is 2.28 bits per heavy atom. The van der Waals surface area contributed by atoms with E-state index in [9.17, 15) is 0 Å². The first-order chi connectivity index (χ1) is 8.63. The summed E-state index contributed by atoms with van der Waals surface area (Å²) in [5.41, 5.74) is 0.389. The van der Waals surface area contributed by atoms with Crippen molar-refractivity contribution in [3.8, 4) is 0 Å². The molecule has 0 radical (unpaired) electrons. The first kappa shape index (κ1) is 13.9. The van der Waals surface area contributed by atoms with Gasteiger partial charge in [0.25, 0.3) is 0 Å². The summed E-state index contributed by atoms with van der Waals surface area (Å²) >= 11 is 1.76. The molecule has 1 aromatic rings. The molecule has 1 aliphatic rings. The summed E-state index contributed by atoms with van der Waals surface area (Å²) in [7, 11) is 1.72. The van der Waals surface area contributed by atoms with Crippen LogP contribution in [-0.4, -0.2) is 30.5 Å². The molecular formula is C13H23N3OS. The molecule has 0 amide bonds. The summed E-state index contributed by atoms with van der Waals surface area (Å²) in [4.78, 5) is 0. The molecule has 1 saturated carbocycles. The van der Waals surface area contributed by atoms with Gasteiger partial charge in [0.15, 0.2) is 0 Å². The van der Waals surface area contributed by atoms with Crippen molar-refractivity contribution in [3.63, 3.8) is 0 Å². The Morgan fingerprint density at radius 1 is 1.44 bits per heavy atom. The van der Waals surface area contributed by atoms with E-state index >= 15 is 0 Å². The van der Waals surface area contributed by atoms with Crippen LogP contribution in [0.4, 0.5) is 0 Å². The number of nitrogens with one attached hydrogen (secondary N) is 1. The number of ether oxygens (including phenoxy) is 1. The molecule has 0 bridgehead atoms. The number of hydrogen-bond acceptors (Lipinski definition) is 5. The molecule has 1 N–H and O–H groups in total. The van der Waals surface area contributed by atoms with Crippen LogP contribution in [0.3, 0.4) is 0 Å². The highest BCUT2D eigenvalue weighted by molar-refractivity contribution is 7.11. The fraction of sp³-hybridized carbons (Fsp3) is 0.846. The van der Waals surface area contributed by atoms with E-state index < -0.39 is 0 Å². The number of methoxy groups -OCH3 is 1. The summed E-state index contributed by atoms with van der Waals surface area (Å²) < 4.78 is 5.00. The number of rotatable bonds is 6. The predicted molar refractivity (Wildman–Crippen MR) is 73.9 cm³/mol. The highest BCUT2D eigenvalue weighted by atomic mass is 32.1. The highest BCUT2D eigenvalue weighted by Gasteiger charge is 2.37. The Morgan fingerprint density at radius 3 is 2.94 bits per heavy atom. The Balaban J connectivity index is 1.90. The normalized spacial score (nSPS) is 22.5. The van der Waals surface area contributed by atoms with Crippen LogP contribution < -0.4 is 5.32 Å². The predicted octanol–water partition coefficient (Wildman–Crippen LogP) is 2.57. The molecule has 1 atom stereocenters. The highest BCUT2D eigenvalue weighted by Crippen LogP contribution is 2.49. The smallest absolute Gasteiger partial charge is 0.131 e. The number of aromatic nitrogens is 2. The lowest BCUT2D eigenvalue weighted by molar-refractivity contribution is 0.199. The average molecular weight is 269 g/mol. The molecule has 2 rings (SSSR count). The molecule has 102 valence electrons. The Hall–Kier alpha value is -0.520. The molecule has 0 spiro atoms. The van der Waals surface area contributed by atoms with E-state index in [4.69, 9.17) is 4.74 Å². The van der Waals surface area contributed by atoms with E-state index in [-0.39, 0.29) is 0 Å². The molecule has 0 aromatic carbocycles. The molecule has 1 unspecified atom stereocenters. The SMILES string of the molecule is COCCNCc1nnc(C2CCCC2(C)C)s1. The Kier molecular flexibility index (Phi) is 4.70. The van der Waals surface area contributed by atoms with Gasteiger partial charge in [0.1, 0.15) is 10.0 Å². The summed E-state index contributed by atoms with van der Waals surface area (Å²) in [6.07, 6.45) is 3.88. The third kappa shape index (κ3) is 3.28. The number of nitrogens with zero attached hydrogens (tertiary/aromatic N) is 2. The van der Waals surface area contributed by atoms with Gasteiger partial charge < -0.3 is 10.1 Å². The minimum absolute atomic E-state index is 0.389. The summed E-state index contributed by atoms with van der Waals surface area (Å²) in [6, 6.07) is 0. The van der Waals surface area contributed by atoms with Gasteiger partial charge >= 0.3 is 0 Å². The van der Waals surface area contributed by atoms with E-state index in [1.54, 1.807) is 18.4 Å². The zero-order valence-corrected chi connectivity index (χ0v) is 12.3. The van der Waals surface area contributed by atoms with Crippen LogP contribution in [0.15, 0.2) is 0 Å². The molecule has 1 heterocycles. The van der Waals surface area contributed by atoms with Crippen LogP contribution in [0.1, 0.15) is 49.0 Å². The lowest BCUT2D eigenvalue weighted by Gasteiger charge is -2.24. The van der Waals surface area contributed by atoms with Crippen LogP contribution in [0, 0.1) is 5.41 Å².